The largest absolute Gasteiger partial charge is 0.316 e. The van der Waals surface area contributed by atoms with E-state index < -0.39 is 0 Å². The van der Waals surface area contributed by atoms with E-state index in [9.17, 15) is 4.79 Å². The Morgan fingerprint density at radius 3 is 2.47 bits per heavy atom. The number of hydrogen-bond donors (Lipinski definition) is 1. The van der Waals surface area contributed by atoms with Crippen molar-refractivity contribution in [2.45, 2.75) is 24.5 Å². The molecule has 0 saturated heterocycles. The fourth-order valence-corrected chi connectivity index (χ4v) is 4.87. The van der Waals surface area contributed by atoms with Gasteiger partial charge in [-0.1, -0.05) is 59.6 Å². The monoisotopic (exact) mass is 507 g/mol. The second kappa shape index (κ2) is 11.0. The number of carbonyl (C=O) groups is 1. The van der Waals surface area contributed by atoms with E-state index in [-0.39, 0.29) is 5.91 Å². The second-order valence-electron chi connectivity index (χ2n) is 7.73. The van der Waals surface area contributed by atoms with Crippen LogP contribution in [0.3, 0.4) is 0 Å². The van der Waals surface area contributed by atoms with E-state index in [0.29, 0.717) is 15.6 Å². The van der Waals surface area contributed by atoms with Crippen LogP contribution in [0.15, 0.2) is 88.9 Å². The third-order valence-electron chi connectivity index (χ3n) is 5.38. The first-order valence-electron chi connectivity index (χ1n) is 10.7. The lowest BCUT2D eigenvalue weighted by Gasteiger charge is -2.12. The minimum absolute atomic E-state index is 0.259. The van der Waals surface area contributed by atoms with Crippen molar-refractivity contribution in [1.29, 1.82) is 0 Å². The fraction of sp³-hybridized carbons (Fsp3) is 0.111. The maximum atomic E-state index is 12.5. The first-order valence-corrected chi connectivity index (χ1v) is 12.4. The van der Waals surface area contributed by atoms with Crippen LogP contribution in [-0.2, 0) is 5.75 Å². The average molecular weight is 508 g/mol. The number of amides is 1. The summed E-state index contributed by atoms with van der Waals surface area (Å²) in [6, 6.07) is 25.3. The maximum absolute atomic E-state index is 12.5. The zero-order chi connectivity index (χ0) is 24.1. The molecule has 1 N–H and O–H groups in total. The van der Waals surface area contributed by atoms with Crippen molar-refractivity contribution in [1.82, 2.24) is 9.99 Å². The van der Waals surface area contributed by atoms with E-state index in [1.165, 1.54) is 4.90 Å². The summed E-state index contributed by atoms with van der Waals surface area (Å²) in [6.45, 7) is 3.96. The molecular weight excluding hydrogens is 485 g/mol. The summed E-state index contributed by atoms with van der Waals surface area (Å²) in [5.74, 6) is 0.585. The van der Waals surface area contributed by atoms with Crippen molar-refractivity contribution < 1.29 is 4.79 Å². The maximum Gasteiger partial charge on any atom is 0.271 e. The molecule has 172 valence electrons. The van der Waals surface area contributed by atoms with Gasteiger partial charge in [0.25, 0.3) is 5.91 Å². The predicted molar refractivity (Wildman–Crippen MR) is 143 cm³/mol. The molecule has 0 radical (unpaired) electrons. The number of aryl methyl sites for hydroxylation is 1. The molecule has 4 rings (SSSR count). The lowest BCUT2D eigenvalue weighted by molar-refractivity contribution is 0.0955. The van der Waals surface area contributed by atoms with Crippen LogP contribution in [0.1, 0.15) is 32.9 Å². The smallest absolute Gasteiger partial charge is 0.271 e. The lowest BCUT2D eigenvalue weighted by atomic mass is 10.1. The van der Waals surface area contributed by atoms with E-state index in [1.807, 2.05) is 79.1 Å². The van der Waals surface area contributed by atoms with Crippen LogP contribution in [0.4, 0.5) is 0 Å². The molecule has 0 aliphatic rings. The van der Waals surface area contributed by atoms with Gasteiger partial charge in [0.15, 0.2) is 0 Å². The molecule has 34 heavy (non-hydrogen) atoms. The molecule has 0 aliphatic carbocycles. The fourth-order valence-electron chi connectivity index (χ4n) is 3.61. The summed E-state index contributed by atoms with van der Waals surface area (Å²) in [6.07, 6.45) is 1.64. The number of benzene rings is 3. The number of nitrogens with one attached hydrogen (secondary N) is 1. The Kier molecular flexibility index (Phi) is 7.78. The Morgan fingerprint density at radius 1 is 1.00 bits per heavy atom. The van der Waals surface area contributed by atoms with Gasteiger partial charge in [-0.2, -0.15) is 5.10 Å². The van der Waals surface area contributed by atoms with Crippen LogP contribution in [0.2, 0.25) is 10.0 Å². The summed E-state index contributed by atoms with van der Waals surface area (Å²) >= 11 is 14.4. The van der Waals surface area contributed by atoms with Crippen molar-refractivity contribution in [3.8, 4) is 5.69 Å². The Hall–Kier alpha value is -2.99. The summed E-state index contributed by atoms with van der Waals surface area (Å²) in [5.41, 5.74) is 7.93. The number of nitrogens with zero attached hydrogens (tertiary/aromatic N) is 2. The molecule has 0 unspecified atom stereocenters. The predicted octanol–water partition coefficient (Wildman–Crippen LogP) is 7.46. The highest BCUT2D eigenvalue weighted by Gasteiger charge is 2.14. The van der Waals surface area contributed by atoms with Crippen molar-refractivity contribution >= 4 is 47.1 Å². The molecule has 0 spiro atoms. The van der Waals surface area contributed by atoms with Gasteiger partial charge in [0, 0.05) is 33.2 Å². The first-order chi connectivity index (χ1) is 16.4. The minimum atomic E-state index is -0.259. The molecule has 0 fully saturated rings. The van der Waals surface area contributed by atoms with Crippen molar-refractivity contribution in [3.63, 3.8) is 0 Å². The van der Waals surface area contributed by atoms with Crippen LogP contribution in [-0.4, -0.2) is 16.7 Å². The van der Waals surface area contributed by atoms with E-state index >= 15 is 0 Å². The summed E-state index contributed by atoms with van der Waals surface area (Å²) in [4.78, 5) is 13.7. The van der Waals surface area contributed by atoms with Crippen LogP contribution in [0.5, 0.6) is 0 Å². The number of aromatic nitrogens is 1. The van der Waals surface area contributed by atoms with Gasteiger partial charge in [-0.05, 0) is 61.9 Å². The van der Waals surface area contributed by atoms with Gasteiger partial charge in [0.05, 0.1) is 21.9 Å². The first kappa shape index (κ1) is 24.1. The summed E-state index contributed by atoms with van der Waals surface area (Å²) in [5, 5.41) is 5.16. The highest BCUT2D eigenvalue weighted by Crippen LogP contribution is 2.31. The van der Waals surface area contributed by atoms with Gasteiger partial charge in [0.2, 0.25) is 0 Å². The SMILES string of the molecule is Cc1cc(/C=N\NC(=O)c2ccc(CSc3ccccc3)cc2)c(C)n1-c1cccc(Cl)c1Cl. The third kappa shape index (κ3) is 5.55. The standard InChI is InChI=1S/C27H23Cl2N3OS/c1-18-15-22(19(2)32(18)25-10-6-9-24(28)26(25)29)16-30-31-27(33)21-13-11-20(12-14-21)17-34-23-7-4-3-5-8-23/h3-16H,17H2,1-2H3,(H,31,33)/b30-16-. The van der Waals surface area contributed by atoms with Gasteiger partial charge in [-0.3, -0.25) is 4.79 Å². The number of hydrogen-bond acceptors (Lipinski definition) is 3. The Morgan fingerprint density at radius 2 is 1.74 bits per heavy atom. The zero-order valence-corrected chi connectivity index (χ0v) is 21.1. The Balaban J connectivity index is 1.40. The molecule has 4 nitrogen and oxygen atoms in total. The van der Waals surface area contributed by atoms with E-state index in [4.69, 9.17) is 23.2 Å². The molecule has 3 aromatic carbocycles. The second-order valence-corrected chi connectivity index (χ2v) is 9.57. The van der Waals surface area contributed by atoms with Crippen LogP contribution in [0, 0.1) is 13.8 Å². The average Bonchev–Trinajstić information content (AvgIpc) is 3.13. The molecule has 1 aromatic heterocycles. The topological polar surface area (TPSA) is 46.4 Å². The number of halogens is 2. The minimum Gasteiger partial charge on any atom is -0.316 e. The van der Waals surface area contributed by atoms with Gasteiger partial charge in [-0.25, -0.2) is 5.43 Å². The van der Waals surface area contributed by atoms with E-state index in [1.54, 1.807) is 24.0 Å². The normalized spacial score (nSPS) is 11.2. The van der Waals surface area contributed by atoms with Crippen LogP contribution in [0.25, 0.3) is 5.69 Å². The van der Waals surface area contributed by atoms with Crippen LogP contribution >= 0.6 is 35.0 Å². The summed E-state index contributed by atoms with van der Waals surface area (Å²) in [7, 11) is 0. The molecular formula is C27H23Cl2N3OS. The van der Waals surface area contributed by atoms with Gasteiger partial charge < -0.3 is 4.57 Å². The summed E-state index contributed by atoms with van der Waals surface area (Å²) < 4.78 is 2.02. The molecule has 0 bridgehead atoms. The lowest BCUT2D eigenvalue weighted by Crippen LogP contribution is -2.17. The van der Waals surface area contributed by atoms with Crippen LogP contribution < -0.4 is 5.43 Å². The number of rotatable bonds is 7. The molecule has 4 aromatic rings. The number of hydrazone groups is 1. The van der Waals surface area contributed by atoms with Crippen molar-refractivity contribution in [2.75, 3.05) is 0 Å². The van der Waals surface area contributed by atoms with Gasteiger partial charge in [0.1, 0.15) is 0 Å². The molecule has 0 atom stereocenters. The van der Waals surface area contributed by atoms with Crippen molar-refractivity contribution in [2.24, 2.45) is 5.10 Å². The quantitative estimate of drug-likeness (QED) is 0.160. The highest BCUT2D eigenvalue weighted by atomic mass is 35.5. The highest BCUT2D eigenvalue weighted by molar-refractivity contribution is 7.98. The van der Waals surface area contributed by atoms with E-state index in [0.717, 1.165) is 34.0 Å². The zero-order valence-electron chi connectivity index (χ0n) is 18.8. The molecule has 1 heterocycles. The third-order valence-corrected chi connectivity index (χ3v) is 7.27. The number of thioether (sulfide) groups is 1. The Bertz CT molecular complexity index is 1330. The van der Waals surface area contributed by atoms with Gasteiger partial charge >= 0.3 is 0 Å². The molecule has 0 aliphatic heterocycles. The Labute approximate surface area is 213 Å². The molecule has 1 amide bonds. The number of carbonyl (C=O) groups excluding carboxylic acids is 1. The van der Waals surface area contributed by atoms with Crippen molar-refractivity contribution in [3.05, 3.63) is 117 Å². The molecule has 0 saturated carbocycles. The van der Waals surface area contributed by atoms with Gasteiger partial charge in [-0.15, -0.1) is 11.8 Å². The molecule has 7 heteroatoms. The van der Waals surface area contributed by atoms with E-state index in [2.05, 4.69) is 22.7 Å².